The van der Waals surface area contributed by atoms with Gasteiger partial charge >= 0.3 is 0 Å². The summed E-state index contributed by atoms with van der Waals surface area (Å²) in [5, 5.41) is 3.12. The van der Waals surface area contributed by atoms with Crippen molar-refractivity contribution in [3.8, 4) is 0 Å². The summed E-state index contributed by atoms with van der Waals surface area (Å²) < 4.78 is 24.9. The van der Waals surface area contributed by atoms with Crippen LogP contribution in [-0.4, -0.2) is 41.5 Å². The predicted octanol–water partition coefficient (Wildman–Crippen LogP) is 0.752. The Balaban J connectivity index is 2.18. The van der Waals surface area contributed by atoms with Gasteiger partial charge in [0.15, 0.2) is 0 Å². The van der Waals surface area contributed by atoms with Gasteiger partial charge in [-0.1, -0.05) is 0 Å². The van der Waals surface area contributed by atoms with Gasteiger partial charge < -0.3 is 5.32 Å². The number of hydrogen-bond donors (Lipinski definition) is 1. The molecule has 0 bridgehead atoms. The van der Waals surface area contributed by atoms with Crippen LogP contribution < -0.4 is 5.32 Å². The fourth-order valence-corrected chi connectivity index (χ4v) is 3.47. The fourth-order valence-electron chi connectivity index (χ4n) is 2.00. The maximum atomic E-state index is 11.7. The zero-order valence-corrected chi connectivity index (χ0v) is 11.5. The van der Waals surface area contributed by atoms with Crippen LogP contribution >= 0.6 is 0 Å². The summed E-state index contributed by atoms with van der Waals surface area (Å²) in [6, 6.07) is 1.85. The van der Waals surface area contributed by atoms with Crippen molar-refractivity contribution in [3.05, 3.63) is 17.6 Å². The molecule has 0 aromatic carbocycles. The van der Waals surface area contributed by atoms with E-state index in [-0.39, 0.29) is 12.3 Å². The van der Waals surface area contributed by atoms with E-state index in [1.165, 1.54) is 4.31 Å². The highest BCUT2D eigenvalue weighted by Gasteiger charge is 2.28. The molecule has 7 heteroatoms. The Kier molecular flexibility index (Phi) is 3.82. The zero-order chi connectivity index (χ0) is 13.2. The Morgan fingerprint density at radius 3 is 2.83 bits per heavy atom. The lowest BCUT2D eigenvalue weighted by Crippen LogP contribution is -2.26. The van der Waals surface area contributed by atoms with Crippen molar-refractivity contribution < 1.29 is 8.42 Å². The minimum absolute atomic E-state index is 0.235. The molecule has 1 aliphatic rings. The number of aromatic nitrogens is 2. The molecule has 1 aromatic rings. The van der Waals surface area contributed by atoms with Crippen LogP contribution in [-0.2, 0) is 16.6 Å². The van der Waals surface area contributed by atoms with Crippen LogP contribution in [0.5, 0.6) is 0 Å². The minimum Gasteiger partial charge on any atom is -0.370 e. The molecule has 0 spiro atoms. The highest BCUT2D eigenvalue weighted by molar-refractivity contribution is 7.89. The molecule has 6 nitrogen and oxygen atoms in total. The van der Waals surface area contributed by atoms with E-state index in [2.05, 4.69) is 15.3 Å². The topological polar surface area (TPSA) is 75.2 Å². The van der Waals surface area contributed by atoms with Crippen molar-refractivity contribution in [3.63, 3.8) is 0 Å². The van der Waals surface area contributed by atoms with E-state index in [0.29, 0.717) is 18.8 Å². The number of hydrogen-bond acceptors (Lipinski definition) is 5. The van der Waals surface area contributed by atoms with Gasteiger partial charge in [0, 0.05) is 24.8 Å². The first-order chi connectivity index (χ1) is 8.51. The van der Waals surface area contributed by atoms with Crippen LogP contribution in [0.3, 0.4) is 0 Å². The SMILES string of the molecule is CCNc1cc(C)nc(CN2CCCS2(=O)=O)n1. The standard InChI is InChI=1S/C11H18N4O2S/c1-3-12-10-7-9(2)13-11(14-10)8-15-5-4-6-18(15,16)17/h7H,3-6,8H2,1-2H3,(H,12,13,14). The largest absolute Gasteiger partial charge is 0.370 e. The molecule has 0 radical (unpaired) electrons. The van der Waals surface area contributed by atoms with E-state index in [1.54, 1.807) is 0 Å². The maximum Gasteiger partial charge on any atom is 0.214 e. The molecule has 1 aromatic heterocycles. The second kappa shape index (κ2) is 5.19. The number of aryl methyl sites for hydroxylation is 1. The first-order valence-corrected chi connectivity index (χ1v) is 7.68. The van der Waals surface area contributed by atoms with E-state index in [0.717, 1.165) is 18.1 Å². The van der Waals surface area contributed by atoms with Crippen LogP contribution in [0.15, 0.2) is 6.07 Å². The average Bonchev–Trinajstić information content (AvgIpc) is 2.58. The van der Waals surface area contributed by atoms with E-state index in [9.17, 15) is 8.42 Å². The predicted molar refractivity (Wildman–Crippen MR) is 69.7 cm³/mol. The number of rotatable bonds is 4. The molecule has 1 fully saturated rings. The third-order valence-electron chi connectivity index (χ3n) is 2.78. The summed E-state index contributed by atoms with van der Waals surface area (Å²) >= 11 is 0. The van der Waals surface area contributed by atoms with Gasteiger partial charge in [0.05, 0.1) is 12.3 Å². The van der Waals surface area contributed by atoms with Crippen molar-refractivity contribution in [1.29, 1.82) is 0 Å². The Morgan fingerprint density at radius 2 is 2.22 bits per heavy atom. The molecule has 2 rings (SSSR count). The molecular weight excluding hydrogens is 252 g/mol. The van der Waals surface area contributed by atoms with Crippen LogP contribution in [0.1, 0.15) is 24.9 Å². The van der Waals surface area contributed by atoms with Gasteiger partial charge in [-0.05, 0) is 20.3 Å². The van der Waals surface area contributed by atoms with Crippen molar-refractivity contribution in [2.24, 2.45) is 0 Å². The van der Waals surface area contributed by atoms with Gasteiger partial charge in [0.1, 0.15) is 11.6 Å². The second-order valence-corrected chi connectivity index (χ2v) is 6.43. The molecule has 0 atom stereocenters. The molecule has 0 aliphatic carbocycles. The zero-order valence-electron chi connectivity index (χ0n) is 10.7. The summed E-state index contributed by atoms with van der Waals surface area (Å²) in [7, 11) is -3.09. The van der Waals surface area contributed by atoms with E-state index in [1.807, 2.05) is 19.9 Å². The molecule has 1 aliphatic heterocycles. The van der Waals surface area contributed by atoms with Gasteiger partial charge in [-0.15, -0.1) is 0 Å². The number of sulfonamides is 1. The van der Waals surface area contributed by atoms with Crippen LogP contribution in [0, 0.1) is 6.92 Å². The number of nitrogens with zero attached hydrogens (tertiary/aromatic N) is 3. The summed E-state index contributed by atoms with van der Waals surface area (Å²) in [6.45, 7) is 5.48. The van der Waals surface area contributed by atoms with Gasteiger partial charge in [-0.3, -0.25) is 0 Å². The lowest BCUT2D eigenvalue weighted by Gasteiger charge is -2.14. The molecule has 0 saturated carbocycles. The average molecular weight is 270 g/mol. The van der Waals surface area contributed by atoms with Crippen LogP contribution in [0.4, 0.5) is 5.82 Å². The molecular formula is C11H18N4O2S. The van der Waals surface area contributed by atoms with Crippen molar-refractivity contribution in [2.45, 2.75) is 26.8 Å². The fraction of sp³-hybridized carbons (Fsp3) is 0.636. The van der Waals surface area contributed by atoms with Crippen molar-refractivity contribution >= 4 is 15.8 Å². The molecule has 0 amide bonds. The Bertz CT molecular complexity index is 530. The van der Waals surface area contributed by atoms with Gasteiger partial charge in [-0.2, -0.15) is 4.31 Å². The lowest BCUT2D eigenvalue weighted by molar-refractivity contribution is 0.429. The van der Waals surface area contributed by atoms with Crippen LogP contribution in [0.25, 0.3) is 0 Å². The minimum atomic E-state index is -3.09. The number of nitrogens with one attached hydrogen (secondary N) is 1. The highest BCUT2D eigenvalue weighted by atomic mass is 32.2. The van der Waals surface area contributed by atoms with Gasteiger partial charge in [0.25, 0.3) is 0 Å². The number of anilines is 1. The Hall–Kier alpha value is -1.21. The van der Waals surface area contributed by atoms with Crippen molar-refractivity contribution in [2.75, 3.05) is 24.2 Å². The highest BCUT2D eigenvalue weighted by Crippen LogP contribution is 2.16. The normalized spacial score (nSPS) is 19.0. The third-order valence-corrected chi connectivity index (χ3v) is 4.68. The quantitative estimate of drug-likeness (QED) is 0.874. The summed E-state index contributed by atoms with van der Waals surface area (Å²) in [4.78, 5) is 8.61. The molecule has 1 N–H and O–H groups in total. The first-order valence-electron chi connectivity index (χ1n) is 6.07. The molecule has 100 valence electrons. The summed E-state index contributed by atoms with van der Waals surface area (Å²) in [5.41, 5.74) is 0.840. The summed E-state index contributed by atoms with van der Waals surface area (Å²) in [6.07, 6.45) is 0.689. The molecule has 1 saturated heterocycles. The first kappa shape index (κ1) is 13.2. The Labute approximate surface area is 107 Å². The molecule has 18 heavy (non-hydrogen) atoms. The van der Waals surface area contributed by atoms with E-state index in [4.69, 9.17) is 0 Å². The van der Waals surface area contributed by atoms with E-state index < -0.39 is 10.0 Å². The summed E-state index contributed by atoms with van der Waals surface area (Å²) in [5.74, 6) is 1.53. The van der Waals surface area contributed by atoms with Gasteiger partial charge in [0.2, 0.25) is 10.0 Å². The monoisotopic (exact) mass is 270 g/mol. The maximum absolute atomic E-state index is 11.7. The van der Waals surface area contributed by atoms with Crippen molar-refractivity contribution in [1.82, 2.24) is 14.3 Å². The molecule has 0 unspecified atom stereocenters. The Morgan fingerprint density at radius 1 is 1.44 bits per heavy atom. The third kappa shape index (κ3) is 2.97. The van der Waals surface area contributed by atoms with Gasteiger partial charge in [-0.25, -0.2) is 18.4 Å². The molecule has 2 heterocycles. The van der Waals surface area contributed by atoms with E-state index >= 15 is 0 Å². The van der Waals surface area contributed by atoms with Crippen LogP contribution in [0.2, 0.25) is 0 Å². The lowest BCUT2D eigenvalue weighted by atomic mass is 10.4. The second-order valence-electron chi connectivity index (χ2n) is 4.34. The smallest absolute Gasteiger partial charge is 0.214 e.